The van der Waals surface area contributed by atoms with E-state index in [0.29, 0.717) is 18.1 Å². The summed E-state index contributed by atoms with van der Waals surface area (Å²) < 4.78 is 7.19. The second-order valence-corrected chi connectivity index (χ2v) is 4.09. The van der Waals surface area contributed by atoms with Crippen LogP contribution in [-0.2, 0) is 20.1 Å². The molecular formula is C12H16N4O2. The average Bonchev–Trinajstić information content (AvgIpc) is 2.98. The first-order chi connectivity index (χ1) is 8.61. The third-order valence-electron chi connectivity index (χ3n) is 2.72. The summed E-state index contributed by atoms with van der Waals surface area (Å²) in [6, 6.07) is 3.35. The Labute approximate surface area is 105 Å². The highest BCUT2D eigenvalue weighted by Gasteiger charge is 2.17. The average molecular weight is 248 g/mol. The maximum absolute atomic E-state index is 12.1. The molecule has 1 amide bonds. The van der Waals surface area contributed by atoms with Gasteiger partial charge in [-0.25, -0.2) is 4.98 Å². The summed E-state index contributed by atoms with van der Waals surface area (Å²) in [6.45, 7) is 0.720. The van der Waals surface area contributed by atoms with Crippen molar-refractivity contribution in [3.05, 3.63) is 41.9 Å². The van der Waals surface area contributed by atoms with Gasteiger partial charge < -0.3 is 19.6 Å². The van der Waals surface area contributed by atoms with Crippen molar-refractivity contribution in [3.8, 4) is 0 Å². The van der Waals surface area contributed by atoms with Crippen LogP contribution in [0.3, 0.4) is 0 Å². The van der Waals surface area contributed by atoms with E-state index in [-0.39, 0.29) is 12.5 Å². The zero-order chi connectivity index (χ0) is 13.1. The maximum Gasteiger partial charge on any atom is 0.289 e. The number of hydrogen-bond donors (Lipinski definition) is 1. The molecule has 0 saturated heterocycles. The predicted molar refractivity (Wildman–Crippen MR) is 65.6 cm³/mol. The number of carbonyl (C=O) groups is 1. The summed E-state index contributed by atoms with van der Waals surface area (Å²) >= 11 is 0. The Morgan fingerprint density at radius 3 is 2.89 bits per heavy atom. The number of nitrogens with zero attached hydrogens (tertiary/aromatic N) is 3. The third kappa shape index (κ3) is 2.43. The van der Waals surface area contributed by atoms with Gasteiger partial charge in [0.05, 0.1) is 13.1 Å². The SMILES string of the molecule is CN(Cc1nccn1C)C(=O)c1ccc(CN)o1. The van der Waals surface area contributed by atoms with Crippen LogP contribution in [0.2, 0.25) is 0 Å². The van der Waals surface area contributed by atoms with E-state index in [4.69, 9.17) is 10.2 Å². The molecule has 96 valence electrons. The van der Waals surface area contributed by atoms with Gasteiger partial charge in [0.25, 0.3) is 5.91 Å². The molecule has 0 atom stereocenters. The summed E-state index contributed by atoms with van der Waals surface area (Å²) in [7, 11) is 3.60. The first-order valence-electron chi connectivity index (χ1n) is 5.62. The van der Waals surface area contributed by atoms with E-state index in [0.717, 1.165) is 5.82 Å². The Hall–Kier alpha value is -2.08. The number of aryl methyl sites for hydroxylation is 1. The van der Waals surface area contributed by atoms with Gasteiger partial charge in [0.2, 0.25) is 0 Å². The molecule has 0 aliphatic rings. The largest absolute Gasteiger partial charge is 0.455 e. The predicted octanol–water partition coefficient (Wildman–Crippen LogP) is 0.744. The Bertz CT molecular complexity index is 544. The van der Waals surface area contributed by atoms with Gasteiger partial charge in [0.1, 0.15) is 11.6 Å². The first kappa shape index (κ1) is 12.4. The summed E-state index contributed by atoms with van der Waals surface area (Å²) in [5.74, 6) is 1.53. The molecule has 18 heavy (non-hydrogen) atoms. The first-order valence-corrected chi connectivity index (χ1v) is 5.62. The quantitative estimate of drug-likeness (QED) is 0.865. The van der Waals surface area contributed by atoms with Crippen molar-refractivity contribution in [2.45, 2.75) is 13.1 Å². The summed E-state index contributed by atoms with van der Waals surface area (Å²) in [4.78, 5) is 17.8. The van der Waals surface area contributed by atoms with Crippen LogP contribution < -0.4 is 5.73 Å². The summed E-state index contributed by atoms with van der Waals surface area (Å²) in [5, 5.41) is 0. The van der Waals surface area contributed by atoms with Gasteiger partial charge >= 0.3 is 0 Å². The molecule has 0 aliphatic carbocycles. The second kappa shape index (κ2) is 5.05. The van der Waals surface area contributed by atoms with Crippen molar-refractivity contribution in [1.82, 2.24) is 14.5 Å². The van der Waals surface area contributed by atoms with Gasteiger partial charge in [0, 0.05) is 26.5 Å². The fourth-order valence-corrected chi connectivity index (χ4v) is 1.62. The van der Waals surface area contributed by atoms with E-state index in [1.807, 2.05) is 17.8 Å². The molecule has 0 radical (unpaired) electrons. The number of carbonyl (C=O) groups excluding carboxylic acids is 1. The lowest BCUT2D eigenvalue weighted by molar-refractivity contribution is 0.0747. The lowest BCUT2D eigenvalue weighted by atomic mass is 10.3. The molecule has 6 nitrogen and oxygen atoms in total. The van der Waals surface area contributed by atoms with E-state index in [1.165, 1.54) is 0 Å². The molecule has 2 aromatic heterocycles. The van der Waals surface area contributed by atoms with E-state index in [9.17, 15) is 4.79 Å². The van der Waals surface area contributed by atoms with Crippen molar-refractivity contribution in [3.63, 3.8) is 0 Å². The number of imidazole rings is 1. The fraction of sp³-hybridized carbons (Fsp3) is 0.333. The number of furan rings is 1. The molecule has 2 heterocycles. The molecular weight excluding hydrogens is 232 g/mol. The zero-order valence-electron chi connectivity index (χ0n) is 10.5. The number of hydrogen-bond acceptors (Lipinski definition) is 4. The summed E-state index contributed by atoms with van der Waals surface area (Å²) in [6.07, 6.45) is 3.54. The Balaban J connectivity index is 2.07. The Kier molecular flexibility index (Phi) is 3.47. The van der Waals surface area contributed by atoms with Crippen molar-refractivity contribution < 1.29 is 9.21 Å². The van der Waals surface area contributed by atoms with E-state index in [1.54, 1.807) is 30.3 Å². The lowest BCUT2D eigenvalue weighted by Crippen LogP contribution is -2.27. The van der Waals surface area contributed by atoms with Crippen LogP contribution in [-0.4, -0.2) is 27.4 Å². The second-order valence-electron chi connectivity index (χ2n) is 4.09. The van der Waals surface area contributed by atoms with E-state index in [2.05, 4.69) is 4.98 Å². The number of amides is 1. The molecule has 2 N–H and O–H groups in total. The Morgan fingerprint density at radius 2 is 2.33 bits per heavy atom. The molecule has 2 aromatic rings. The van der Waals surface area contributed by atoms with Gasteiger partial charge in [-0.2, -0.15) is 0 Å². The zero-order valence-corrected chi connectivity index (χ0v) is 10.5. The van der Waals surface area contributed by atoms with Crippen LogP contribution in [0.5, 0.6) is 0 Å². The van der Waals surface area contributed by atoms with Crippen LogP contribution in [0.1, 0.15) is 22.1 Å². The number of nitrogens with two attached hydrogens (primary N) is 1. The van der Waals surface area contributed by atoms with Crippen molar-refractivity contribution in [2.24, 2.45) is 12.8 Å². The number of rotatable bonds is 4. The highest BCUT2D eigenvalue weighted by Crippen LogP contribution is 2.11. The molecule has 0 fully saturated rings. The minimum atomic E-state index is -0.183. The van der Waals surface area contributed by atoms with Crippen LogP contribution >= 0.6 is 0 Å². The van der Waals surface area contributed by atoms with Crippen LogP contribution in [0.25, 0.3) is 0 Å². The molecule has 0 spiro atoms. The number of aromatic nitrogens is 2. The van der Waals surface area contributed by atoms with Crippen LogP contribution in [0.4, 0.5) is 0 Å². The lowest BCUT2D eigenvalue weighted by Gasteiger charge is -2.15. The molecule has 0 unspecified atom stereocenters. The highest BCUT2D eigenvalue weighted by molar-refractivity contribution is 5.91. The van der Waals surface area contributed by atoms with Crippen molar-refractivity contribution in [1.29, 1.82) is 0 Å². The topological polar surface area (TPSA) is 77.3 Å². The molecule has 6 heteroatoms. The molecule has 0 saturated carbocycles. The normalized spacial score (nSPS) is 10.6. The van der Waals surface area contributed by atoms with E-state index < -0.39 is 0 Å². The molecule has 2 rings (SSSR count). The molecule has 0 aliphatic heterocycles. The fourth-order valence-electron chi connectivity index (χ4n) is 1.62. The standard InChI is InChI=1S/C12H16N4O2/c1-15-6-5-14-11(15)8-16(2)12(17)10-4-3-9(7-13)18-10/h3-6H,7-8,13H2,1-2H3. The Morgan fingerprint density at radius 1 is 1.56 bits per heavy atom. The third-order valence-corrected chi connectivity index (χ3v) is 2.72. The van der Waals surface area contributed by atoms with Crippen molar-refractivity contribution >= 4 is 5.91 Å². The smallest absolute Gasteiger partial charge is 0.289 e. The monoisotopic (exact) mass is 248 g/mol. The van der Waals surface area contributed by atoms with E-state index >= 15 is 0 Å². The maximum atomic E-state index is 12.1. The minimum Gasteiger partial charge on any atom is -0.455 e. The van der Waals surface area contributed by atoms with Crippen molar-refractivity contribution in [2.75, 3.05) is 7.05 Å². The summed E-state index contributed by atoms with van der Waals surface area (Å²) in [5.41, 5.74) is 5.44. The molecule has 0 aromatic carbocycles. The van der Waals surface area contributed by atoms with Crippen LogP contribution in [0.15, 0.2) is 28.9 Å². The van der Waals surface area contributed by atoms with Gasteiger partial charge in [-0.05, 0) is 12.1 Å². The van der Waals surface area contributed by atoms with Gasteiger partial charge in [-0.3, -0.25) is 4.79 Å². The van der Waals surface area contributed by atoms with Gasteiger partial charge in [-0.15, -0.1) is 0 Å². The minimum absolute atomic E-state index is 0.183. The molecule has 0 bridgehead atoms. The highest BCUT2D eigenvalue weighted by atomic mass is 16.4. The van der Waals surface area contributed by atoms with Crippen LogP contribution in [0, 0.1) is 0 Å². The van der Waals surface area contributed by atoms with Gasteiger partial charge in [0.15, 0.2) is 5.76 Å². The van der Waals surface area contributed by atoms with Gasteiger partial charge in [-0.1, -0.05) is 0 Å².